The lowest BCUT2D eigenvalue weighted by molar-refractivity contribution is 0.0911. The van der Waals surface area contributed by atoms with E-state index in [-0.39, 0.29) is 11.4 Å². The largest absolute Gasteiger partial charge is 0.492 e. The van der Waals surface area contributed by atoms with Crippen molar-refractivity contribution in [1.82, 2.24) is 10.9 Å². The van der Waals surface area contributed by atoms with Crippen LogP contribution in [0, 0.1) is 0 Å². The van der Waals surface area contributed by atoms with E-state index >= 15 is 0 Å². The third-order valence-electron chi connectivity index (χ3n) is 2.51. The predicted molar refractivity (Wildman–Crippen MR) is 66.0 cm³/mol. The molecule has 0 saturated carbocycles. The highest BCUT2D eigenvalue weighted by Crippen LogP contribution is 2.29. The topological polar surface area (TPSA) is 50.4 Å². The van der Waals surface area contributed by atoms with Crippen molar-refractivity contribution >= 4 is 5.91 Å². The molecule has 0 unspecified atom stereocenters. The number of hydrogen-bond donors (Lipinski definition) is 2. The van der Waals surface area contributed by atoms with E-state index in [0.717, 1.165) is 17.7 Å². The number of nitrogens with one attached hydrogen (secondary N) is 2. The first-order valence-electron chi connectivity index (χ1n) is 5.79. The second-order valence-electron chi connectivity index (χ2n) is 5.22. The highest BCUT2D eigenvalue weighted by Gasteiger charge is 2.21. The number of hydrogen-bond acceptors (Lipinski definition) is 3. The molecule has 0 aliphatic carbocycles. The lowest BCUT2D eigenvalue weighted by atomic mass is 10.1. The van der Waals surface area contributed by atoms with Gasteiger partial charge in [0.25, 0.3) is 5.91 Å². The molecule has 2 rings (SSSR count). The molecule has 4 heteroatoms. The van der Waals surface area contributed by atoms with E-state index in [1.165, 1.54) is 0 Å². The van der Waals surface area contributed by atoms with Crippen LogP contribution in [0.25, 0.3) is 0 Å². The zero-order chi connectivity index (χ0) is 12.5. The number of para-hydroxylation sites is 1. The number of carbonyl (C=O) groups is 1. The molecule has 4 nitrogen and oxygen atoms in total. The van der Waals surface area contributed by atoms with Crippen molar-refractivity contribution in [2.45, 2.75) is 32.7 Å². The van der Waals surface area contributed by atoms with Gasteiger partial charge in [-0.3, -0.25) is 10.2 Å². The zero-order valence-electron chi connectivity index (χ0n) is 10.5. The number of benzene rings is 1. The molecule has 1 heterocycles. The summed E-state index contributed by atoms with van der Waals surface area (Å²) in [6, 6.07) is 5.67. The van der Waals surface area contributed by atoms with Gasteiger partial charge in [0.1, 0.15) is 5.75 Å². The van der Waals surface area contributed by atoms with Gasteiger partial charge in [-0.2, -0.15) is 0 Å². The molecule has 0 fully saturated rings. The highest BCUT2D eigenvalue weighted by molar-refractivity contribution is 5.97. The summed E-state index contributed by atoms with van der Waals surface area (Å²) in [5, 5.41) is 0. The number of hydrazine groups is 1. The van der Waals surface area contributed by atoms with Crippen LogP contribution in [-0.4, -0.2) is 18.1 Å². The first-order valence-corrected chi connectivity index (χ1v) is 5.79. The standard InChI is InChI=1S/C13H18N2O2/c1-13(2,3)15-14-12(16)10-6-4-5-9-7-8-17-11(9)10/h4-6,15H,7-8H2,1-3H3,(H,14,16). The molecular formula is C13H18N2O2. The van der Waals surface area contributed by atoms with Crippen LogP contribution < -0.4 is 15.6 Å². The maximum atomic E-state index is 12.0. The van der Waals surface area contributed by atoms with Crippen LogP contribution in [0.15, 0.2) is 18.2 Å². The van der Waals surface area contributed by atoms with Crippen LogP contribution in [0.4, 0.5) is 0 Å². The molecule has 0 radical (unpaired) electrons. The third kappa shape index (κ3) is 2.77. The Hall–Kier alpha value is -1.55. The second-order valence-corrected chi connectivity index (χ2v) is 5.22. The van der Waals surface area contributed by atoms with Crippen LogP contribution in [0.3, 0.4) is 0 Å². The fourth-order valence-electron chi connectivity index (χ4n) is 1.71. The summed E-state index contributed by atoms with van der Waals surface area (Å²) in [4.78, 5) is 12.0. The number of carbonyl (C=O) groups excluding carboxylic acids is 1. The number of rotatable bonds is 2. The summed E-state index contributed by atoms with van der Waals surface area (Å²) >= 11 is 0. The minimum atomic E-state index is -0.158. The van der Waals surface area contributed by atoms with Crippen LogP contribution >= 0.6 is 0 Å². The quantitative estimate of drug-likeness (QED) is 0.765. The van der Waals surface area contributed by atoms with Gasteiger partial charge >= 0.3 is 0 Å². The Bertz CT molecular complexity index is 436. The van der Waals surface area contributed by atoms with Crippen LogP contribution in [0.1, 0.15) is 36.7 Å². The minimum Gasteiger partial charge on any atom is -0.492 e. The molecule has 1 aliphatic rings. The SMILES string of the molecule is CC(C)(C)NNC(=O)c1cccc2c1OCC2. The molecule has 0 saturated heterocycles. The lowest BCUT2D eigenvalue weighted by Crippen LogP contribution is -2.48. The van der Waals surface area contributed by atoms with E-state index in [4.69, 9.17) is 4.74 Å². The molecule has 0 spiro atoms. The fourth-order valence-corrected chi connectivity index (χ4v) is 1.71. The summed E-state index contributed by atoms with van der Waals surface area (Å²) < 4.78 is 5.49. The van der Waals surface area contributed by atoms with E-state index < -0.39 is 0 Å². The van der Waals surface area contributed by atoms with Gasteiger partial charge in [-0.05, 0) is 32.4 Å². The van der Waals surface area contributed by atoms with Crippen LogP contribution in [0.5, 0.6) is 5.75 Å². The van der Waals surface area contributed by atoms with Gasteiger partial charge in [0.2, 0.25) is 0 Å². The average Bonchev–Trinajstić information content (AvgIpc) is 2.72. The molecule has 92 valence electrons. The first-order chi connectivity index (χ1) is 7.97. The van der Waals surface area contributed by atoms with E-state index in [1.54, 1.807) is 6.07 Å². The molecule has 0 bridgehead atoms. The Morgan fingerprint density at radius 3 is 2.82 bits per heavy atom. The zero-order valence-corrected chi connectivity index (χ0v) is 10.5. The van der Waals surface area contributed by atoms with Crippen LogP contribution in [-0.2, 0) is 6.42 Å². The van der Waals surface area contributed by atoms with E-state index in [0.29, 0.717) is 12.2 Å². The lowest BCUT2D eigenvalue weighted by Gasteiger charge is -2.21. The Labute approximate surface area is 101 Å². The Kier molecular flexibility index (Phi) is 3.07. The van der Waals surface area contributed by atoms with Gasteiger partial charge < -0.3 is 4.74 Å². The van der Waals surface area contributed by atoms with Crippen molar-refractivity contribution in [3.8, 4) is 5.75 Å². The van der Waals surface area contributed by atoms with Crippen molar-refractivity contribution in [3.05, 3.63) is 29.3 Å². The number of ether oxygens (including phenoxy) is 1. The maximum absolute atomic E-state index is 12.0. The third-order valence-corrected chi connectivity index (χ3v) is 2.51. The molecule has 1 aromatic rings. The van der Waals surface area contributed by atoms with E-state index in [9.17, 15) is 4.79 Å². The Morgan fingerprint density at radius 2 is 2.12 bits per heavy atom. The minimum absolute atomic E-state index is 0.154. The first kappa shape index (κ1) is 11.9. The fraction of sp³-hybridized carbons (Fsp3) is 0.462. The normalized spacial score (nSPS) is 14.1. The smallest absolute Gasteiger partial charge is 0.269 e. The summed E-state index contributed by atoms with van der Waals surface area (Å²) in [6.07, 6.45) is 0.878. The summed E-state index contributed by atoms with van der Waals surface area (Å²) in [7, 11) is 0. The number of fused-ring (bicyclic) bond motifs is 1. The molecule has 1 amide bonds. The summed E-state index contributed by atoms with van der Waals surface area (Å²) in [6.45, 7) is 6.62. The molecule has 17 heavy (non-hydrogen) atoms. The van der Waals surface area contributed by atoms with Gasteiger partial charge in [-0.15, -0.1) is 0 Å². The van der Waals surface area contributed by atoms with Gasteiger partial charge in [0, 0.05) is 12.0 Å². The maximum Gasteiger partial charge on any atom is 0.269 e. The van der Waals surface area contributed by atoms with Crippen molar-refractivity contribution in [1.29, 1.82) is 0 Å². The van der Waals surface area contributed by atoms with Crippen molar-refractivity contribution < 1.29 is 9.53 Å². The van der Waals surface area contributed by atoms with Crippen molar-refractivity contribution in [3.63, 3.8) is 0 Å². The van der Waals surface area contributed by atoms with Crippen molar-refractivity contribution in [2.24, 2.45) is 0 Å². The van der Waals surface area contributed by atoms with Gasteiger partial charge in [-0.25, -0.2) is 5.43 Å². The highest BCUT2D eigenvalue weighted by atomic mass is 16.5. The molecule has 0 atom stereocenters. The van der Waals surface area contributed by atoms with Gasteiger partial charge in [0.05, 0.1) is 12.2 Å². The Balaban J connectivity index is 2.13. The van der Waals surface area contributed by atoms with Gasteiger partial charge in [0.15, 0.2) is 0 Å². The average molecular weight is 234 g/mol. The molecule has 0 aromatic heterocycles. The molecule has 1 aliphatic heterocycles. The summed E-state index contributed by atoms with van der Waals surface area (Å²) in [5.41, 5.74) is 7.20. The second kappa shape index (κ2) is 4.37. The molecule has 2 N–H and O–H groups in total. The summed E-state index contributed by atoms with van der Waals surface area (Å²) in [5.74, 6) is 0.569. The predicted octanol–water partition coefficient (Wildman–Crippen LogP) is 1.65. The Morgan fingerprint density at radius 1 is 1.35 bits per heavy atom. The molecular weight excluding hydrogens is 216 g/mol. The van der Waals surface area contributed by atoms with E-state index in [2.05, 4.69) is 10.9 Å². The molecule has 1 aromatic carbocycles. The van der Waals surface area contributed by atoms with Crippen molar-refractivity contribution in [2.75, 3.05) is 6.61 Å². The van der Waals surface area contributed by atoms with Crippen LogP contribution in [0.2, 0.25) is 0 Å². The van der Waals surface area contributed by atoms with Gasteiger partial charge in [-0.1, -0.05) is 12.1 Å². The number of amides is 1. The van der Waals surface area contributed by atoms with E-state index in [1.807, 2.05) is 32.9 Å². The monoisotopic (exact) mass is 234 g/mol.